The van der Waals surface area contributed by atoms with Crippen LogP contribution in [0.3, 0.4) is 0 Å². The van der Waals surface area contributed by atoms with Crippen LogP contribution in [0.1, 0.15) is 30.8 Å². The van der Waals surface area contributed by atoms with E-state index in [0.29, 0.717) is 12.1 Å². The second kappa shape index (κ2) is 3.53. The Morgan fingerprint density at radius 1 is 1.73 bits per heavy atom. The lowest BCUT2D eigenvalue weighted by molar-refractivity contribution is -0.0690. The summed E-state index contributed by atoms with van der Waals surface area (Å²) >= 11 is 1.15. The molecule has 15 heavy (non-hydrogen) atoms. The maximum absolute atomic E-state index is 11.6. The molecule has 1 amide bonds. The van der Waals surface area contributed by atoms with Crippen molar-refractivity contribution in [3.8, 4) is 0 Å². The Labute approximate surface area is 91.7 Å². The summed E-state index contributed by atoms with van der Waals surface area (Å²) in [6.45, 7) is 3.87. The number of carbonyl (C=O) groups is 1. The molecule has 1 saturated carbocycles. The lowest BCUT2D eigenvalue weighted by Crippen LogP contribution is -2.61. The minimum atomic E-state index is -0.337. The second-order valence-corrected chi connectivity index (χ2v) is 5.00. The highest BCUT2D eigenvalue weighted by Gasteiger charge is 2.48. The number of carbonyl (C=O) groups excluding carboxylic acids is 1. The molecule has 2 rings (SSSR count). The second-order valence-electron chi connectivity index (χ2n) is 4.39. The van der Waals surface area contributed by atoms with Crippen LogP contribution in [0.2, 0.25) is 0 Å². The smallest absolute Gasteiger partial charge is 0.272 e. The Balaban J connectivity index is 1.97. The molecule has 1 heterocycles. The van der Waals surface area contributed by atoms with E-state index in [4.69, 9.17) is 0 Å². The zero-order chi connectivity index (χ0) is 11.1. The van der Waals surface area contributed by atoms with Crippen LogP contribution in [0.25, 0.3) is 0 Å². The highest BCUT2D eigenvalue weighted by molar-refractivity contribution is 7.03. The molecule has 0 radical (unpaired) electrons. The number of hydrogen-bond acceptors (Lipinski definition) is 5. The summed E-state index contributed by atoms with van der Waals surface area (Å²) < 4.78 is 3.63. The molecule has 1 fully saturated rings. The van der Waals surface area contributed by atoms with Gasteiger partial charge in [-0.1, -0.05) is 18.3 Å². The minimum absolute atomic E-state index is 0.0155. The molecule has 2 unspecified atom stereocenters. The molecule has 5 nitrogen and oxygen atoms in total. The van der Waals surface area contributed by atoms with E-state index in [1.807, 2.05) is 13.8 Å². The van der Waals surface area contributed by atoms with Crippen LogP contribution in [0.15, 0.2) is 5.38 Å². The normalized spacial score (nSPS) is 28.2. The summed E-state index contributed by atoms with van der Waals surface area (Å²) in [7, 11) is 0. The van der Waals surface area contributed by atoms with Crippen molar-refractivity contribution in [2.75, 3.05) is 0 Å². The van der Waals surface area contributed by atoms with E-state index in [1.54, 1.807) is 5.38 Å². The summed E-state index contributed by atoms with van der Waals surface area (Å²) in [6.07, 6.45) is 0.271. The third-order valence-corrected chi connectivity index (χ3v) is 3.62. The molecular weight excluding hydrogens is 214 g/mol. The topological polar surface area (TPSA) is 75.1 Å². The average molecular weight is 227 g/mol. The summed E-state index contributed by atoms with van der Waals surface area (Å²) in [5.41, 5.74) is 0.0937. The molecule has 0 aliphatic heterocycles. The van der Waals surface area contributed by atoms with Gasteiger partial charge in [-0.05, 0) is 18.0 Å². The first-order chi connectivity index (χ1) is 7.01. The Morgan fingerprint density at radius 3 is 2.93 bits per heavy atom. The number of rotatable bonds is 2. The van der Waals surface area contributed by atoms with Gasteiger partial charge in [0.15, 0.2) is 5.69 Å². The van der Waals surface area contributed by atoms with Gasteiger partial charge in [0, 0.05) is 16.8 Å². The van der Waals surface area contributed by atoms with Crippen molar-refractivity contribution in [2.45, 2.75) is 32.4 Å². The van der Waals surface area contributed by atoms with Crippen molar-refractivity contribution >= 4 is 17.4 Å². The number of nitrogens with zero attached hydrogens (tertiary/aromatic N) is 2. The largest absolute Gasteiger partial charge is 0.392 e. The van der Waals surface area contributed by atoms with Crippen molar-refractivity contribution in [2.24, 2.45) is 5.41 Å². The van der Waals surface area contributed by atoms with Gasteiger partial charge in [-0.15, -0.1) is 5.10 Å². The minimum Gasteiger partial charge on any atom is -0.392 e. The molecule has 6 heteroatoms. The van der Waals surface area contributed by atoms with Gasteiger partial charge in [-0.25, -0.2) is 0 Å². The fraction of sp³-hybridized carbons (Fsp3) is 0.667. The molecule has 1 aromatic heterocycles. The molecule has 1 aromatic rings. The van der Waals surface area contributed by atoms with E-state index in [9.17, 15) is 9.90 Å². The Morgan fingerprint density at radius 2 is 2.47 bits per heavy atom. The fourth-order valence-electron chi connectivity index (χ4n) is 1.64. The molecular formula is C9H13N3O2S. The van der Waals surface area contributed by atoms with Crippen LogP contribution in [0.5, 0.6) is 0 Å². The van der Waals surface area contributed by atoms with Crippen LogP contribution >= 0.6 is 11.5 Å². The molecule has 2 N–H and O–H groups in total. The number of aliphatic hydroxyl groups is 1. The monoisotopic (exact) mass is 227 g/mol. The highest BCUT2D eigenvalue weighted by Crippen LogP contribution is 2.40. The van der Waals surface area contributed by atoms with Gasteiger partial charge in [0.05, 0.1) is 6.10 Å². The van der Waals surface area contributed by atoms with Crippen LogP contribution in [0, 0.1) is 5.41 Å². The molecule has 82 valence electrons. The predicted molar refractivity (Wildman–Crippen MR) is 55.6 cm³/mol. The first-order valence-corrected chi connectivity index (χ1v) is 5.61. The van der Waals surface area contributed by atoms with E-state index in [0.717, 1.165) is 11.5 Å². The molecule has 0 spiro atoms. The summed E-state index contributed by atoms with van der Waals surface area (Å²) in [5.74, 6) is -0.214. The predicted octanol–water partition coefficient (Wildman–Crippen LogP) is 0.427. The van der Waals surface area contributed by atoms with Crippen LogP contribution < -0.4 is 5.32 Å². The SMILES string of the molecule is CC1(C)C(O)CC1NC(=O)c1csnn1. The number of aromatic nitrogens is 2. The van der Waals surface area contributed by atoms with E-state index < -0.39 is 0 Å². The Hall–Kier alpha value is -1.01. The van der Waals surface area contributed by atoms with Crippen LogP contribution in [-0.4, -0.2) is 32.7 Å². The molecule has 1 aliphatic carbocycles. The summed E-state index contributed by atoms with van der Waals surface area (Å²) in [4.78, 5) is 11.6. The van der Waals surface area contributed by atoms with Crippen molar-refractivity contribution in [1.82, 2.24) is 14.9 Å². The number of hydrogen-bond donors (Lipinski definition) is 2. The van der Waals surface area contributed by atoms with Crippen molar-refractivity contribution in [1.29, 1.82) is 0 Å². The summed E-state index contributed by atoms with van der Waals surface area (Å²) in [5, 5.41) is 17.7. The van der Waals surface area contributed by atoms with E-state index in [1.165, 1.54) is 0 Å². The molecule has 1 aliphatic rings. The third kappa shape index (κ3) is 1.74. The fourth-order valence-corrected chi connectivity index (χ4v) is 2.08. The number of amides is 1. The van der Waals surface area contributed by atoms with E-state index in [2.05, 4.69) is 14.9 Å². The van der Waals surface area contributed by atoms with Crippen molar-refractivity contribution < 1.29 is 9.90 Å². The molecule has 0 saturated heterocycles. The number of nitrogens with one attached hydrogen (secondary N) is 1. The van der Waals surface area contributed by atoms with Gasteiger partial charge in [-0.3, -0.25) is 4.79 Å². The number of aliphatic hydroxyl groups excluding tert-OH is 1. The maximum atomic E-state index is 11.6. The first kappa shape index (κ1) is 10.5. The summed E-state index contributed by atoms with van der Waals surface area (Å²) in [6, 6.07) is 0.0155. The van der Waals surface area contributed by atoms with Crippen LogP contribution in [0.4, 0.5) is 0 Å². The zero-order valence-corrected chi connectivity index (χ0v) is 9.41. The Bertz CT molecular complexity index is 363. The molecule has 0 aromatic carbocycles. The lowest BCUT2D eigenvalue weighted by Gasteiger charge is -2.49. The average Bonchev–Trinajstić information content (AvgIpc) is 2.70. The maximum Gasteiger partial charge on any atom is 0.272 e. The molecule has 2 atom stereocenters. The van der Waals surface area contributed by atoms with Gasteiger partial charge >= 0.3 is 0 Å². The Kier molecular flexibility index (Phi) is 2.47. The lowest BCUT2D eigenvalue weighted by atomic mass is 9.64. The highest BCUT2D eigenvalue weighted by atomic mass is 32.1. The standard InChI is InChI=1S/C9H13N3O2S/c1-9(2)6(3-7(9)13)10-8(14)5-4-15-12-11-5/h4,6-7,13H,3H2,1-2H3,(H,10,14). The zero-order valence-electron chi connectivity index (χ0n) is 8.60. The molecule has 0 bridgehead atoms. The first-order valence-electron chi connectivity index (χ1n) is 4.78. The van der Waals surface area contributed by atoms with Crippen molar-refractivity contribution in [3.05, 3.63) is 11.1 Å². The van der Waals surface area contributed by atoms with E-state index in [-0.39, 0.29) is 23.5 Å². The van der Waals surface area contributed by atoms with Crippen LogP contribution in [-0.2, 0) is 0 Å². The quantitative estimate of drug-likeness (QED) is 0.768. The van der Waals surface area contributed by atoms with Gasteiger partial charge in [0.1, 0.15) is 0 Å². The van der Waals surface area contributed by atoms with Gasteiger partial charge in [-0.2, -0.15) is 0 Å². The van der Waals surface area contributed by atoms with Gasteiger partial charge < -0.3 is 10.4 Å². The van der Waals surface area contributed by atoms with Gasteiger partial charge in [0.2, 0.25) is 0 Å². The van der Waals surface area contributed by atoms with E-state index >= 15 is 0 Å². The van der Waals surface area contributed by atoms with Gasteiger partial charge in [0.25, 0.3) is 5.91 Å². The third-order valence-electron chi connectivity index (χ3n) is 3.11. The van der Waals surface area contributed by atoms with Crippen molar-refractivity contribution in [3.63, 3.8) is 0 Å².